The lowest BCUT2D eigenvalue weighted by Gasteiger charge is -2.12. The lowest BCUT2D eigenvalue weighted by molar-refractivity contribution is 1.13. The number of nitrogens with zero attached hydrogens (tertiary/aromatic N) is 3. The van der Waals surface area contributed by atoms with Crippen LogP contribution in [0.15, 0.2) is 35.4 Å². The van der Waals surface area contributed by atoms with Crippen molar-refractivity contribution in [3.63, 3.8) is 0 Å². The molecule has 3 nitrogen and oxygen atoms in total. The normalized spacial score (nSPS) is 16.9. The van der Waals surface area contributed by atoms with Gasteiger partial charge in [-0.1, -0.05) is 18.2 Å². The Bertz CT molecular complexity index is 443. The van der Waals surface area contributed by atoms with Crippen LogP contribution in [0.5, 0.6) is 0 Å². The van der Waals surface area contributed by atoms with Crippen LogP contribution in [0.1, 0.15) is 5.56 Å². The predicted octanol–water partition coefficient (Wildman–Crippen LogP) is 1.21. The van der Waals surface area contributed by atoms with Gasteiger partial charge in [-0.15, -0.1) is 0 Å². The van der Waals surface area contributed by atoms with Gasteiger partial charge in [-0.3, -0.25) is 0 Å². The van der Waals surface area contributed by atoms with Gasteiger partial charge in [0.1, 0.15) is 5.69 Å². The highest BCUT2D eigenvalue weighted by molar-refractivity contribution is 6.22. The van der Waals surface area contributed by atoms with Crippen molar-refractivity contribution in [1.82, 2.24) is 5.10 Å². The average molecular weight is 169 g/mol. The highest BCUT2D eigenvalue weighted by Gasteiger charge is 2.29. The highest BCUT2D eigenvalue weighted by Crippen LogP contribution is 2.25. The maximum atomic E-state index is 3.98. The lowest BCUT2D eigenvalue weighted by Crippen LogP contribution is -2.28. The first-order valence-corrected chi connectivity index (χ1v) is 4.13. The van der Waals surface area contributed by atoms with Crippen molar-refractivity contribution >= 4 is 23.9 Å². The van der Waals surface area contributed by atoms with Crippen LogP contribution in [-0.4, -0.2) is 12.2 Å². The highest BCUT2D eigenvalue weighted by atomic mass is 15.4. The van der Waals surface area contributed by atoms with Gasteiger partial charge in [0.2, 0.25) is 6.34 Å². The molecule has 0 aromatic heterocycles. The van der Waals surface area contributed by atoms with E-state index in [1.165, 1.54) is 5.56 Å². The van der Waals surface area contributed by atoms with E-state index in [9.17, 15) is 0 Å². The van der Waals surface area contributed by atoms with Crippen molar-refractivity contribution in [2.75, 3.05) is 4.90 Å². The first kappa shape index (κ1) is 6.60. The van der Waals surface area contributed by atoms with Crippen molar-refractivity contribution in [3.8, 4) is 0 Å². The lowest BCUT2D eigenvalue weighted by atomic mass is 10.1. The number of anilines is 1. The summed E-state index contributed by atoms with van der Waals surface area (Å²) in [6.07, 6.45) is 5.76. The van der Waals surface area contributed by atoms with Gasteiger partial charge in [0.25, 0.3) is 0 Å². The molecular formula is C10H7N3+. The van der Waals surface area contributed by atoms with Crippen molar-refractivity contribution in [1.29, 1.82) is 0 Å². The SMILES string of the molecule is C1=Cc2ccccc2N2C=N[N+]=C12. The molecule has 0 N–H and O–H groups in total. The van der Waals surface area contributed by atoms with E-state index in [0.29, 0.717) is 0 Å². The van der Waals surface area contributed by atoms with Crippen molar-refractivity contribution in [2.24, 2.45) is 5.10 Å². The van der Waals surface area contributed by atoms with Crippen molar-refractivity contribution < 1.29 is 0 Å². The summed E-state index contributed by atoms with van der Waals surface area (Å²) in [7, 11) is 0. The molecule has 13 heavy (non-hydrogen) atoms. The first-order valence-electron chi connectivity index (χ1n) is 4.13. The second-order valence-corrected chi connectivity index (χ2v) is 2.95. The summed E-state index contributed by atoms with van der Waals surface area (Å²) >= 11 is 0. The first-order chi connectivity index (χ1) is 6.45. The molecule has 0 fully saturated rings. The topological polar surface area (TPSA) is 29.7 Å². The van der Waals surface area contributed by atoms with E-state index in [-0.39, 0.29) is 0 Å². The third-order valence-electron chi connectivity index (χ3n) is 2.18. The predicted molar refractivity (Wildman–Crippen MR) is 53.6 cm³/mol. The Labute approximate surface area is 75.7 Å². The maximum Gasteiger partial charge on any atom is 0.357 e. The summed E-state index contributed by atoms with van der Waals surface area (Å²) in [5, 5.41) is 7.85. The molecule has 2 heterocycles. The van der Waals surface area contributed by atoms with Gasteiger partial charge < -0.3 is 0 Å². The van der Waals surface area contributed by atoms with Crippen LogP contribution in [0.2, 0.25) is 0 Å². The van der Waals surface area contributed by atoms with Gasteiger partial charge in [-0.2, -0.15) is 4.90 Å². The Kier molecular flexibility index (Phi) is 1.16. The van der Waals surface area contributed by atoms with Gasteiger partial charge >= 0.3 is 5.84 Å². The fraction of sp³-hybridized carbons (Fsp3) is 0. The summed E-state index contributed by atoms with van der Waals surface area (Å²) < 4.78 is 0. The summed E-state index contributed by atoms with van der Waals surface area (Å²) in [5.41, 5.74) is 2.35. The standard InChI is InChI=1S/C10H7N3/c1-2-4-9-8(3-1)5-6-10-12-11-7-13(9)10/h1-7H/q+1. The van der Waals surface area contributed by atoms with E-state index >= 15 is 0 Å². The minimum absolute atomic E-state index is 0.888. The quantitative estimate of drug-likeness (QED) is 0.574. The maximum absolute atomic E-state index is 3.98. The molecule has 3 rings (SSSR count). The molecule has 0 bridgehead atoms. The Morgan fingerprint density at radius 3 is 3.08 bits per heavy atom. The van der Waals surface area contributed by atoms with E-state index in [4.69, 9.17) is 0 Å². The summed E-state index contributed by atoms with van der Waals surface area (Å²) in [6, 6.07) is 8.18. The number of fused-ring (bicyclic) bond motifs is 3. The minimum Gasteiger partial charge on any atom is -0.173 e. The molecule has 0 saturated carbocycles. The second-order valence-electron chi connectivity index (χ2n) is 2.95. The average Bonchev–Trinajstić information content (AvgIpc) is 2.65. The van der Waals surface area contributed by atoms with E-state index in [1.807, 2.05) is 23.1 Å². The number of para-hydroxylation sites is 1. The Hall–Kier alpha value is -1.90. The number of hydrogen-bond donors (Lipinski definition) is 0. The third kappa shape index (κ3) is 0.839. The van der Waals surface area contributed by atoms with Gasteiger partial charge in [0.15, 0.2) is 0 Å². The van der Waals surface area contributed by atoms with Crippen LogP contribution in [-0.2, 0) is 0 Å². The fourth-order valence-corrected chi connectivity index (χ4v) is 1.56. The van der Waals surface area contributed by atoms with Crippen LogP contribution in [0, 0.1) is 0 Å². The third-order valence-corrected chi connectivity index (χ3v) is 2.18. The zero-order chi connectivity index (χ0) is 8.67. The van der Waals surface area contributed by atoms with Crippen LogP contribution in [0.25, 0.3) is 6.08 Å². The molecule has 0 unspecified atom stereocenters. The largest absolute Gasteiger partial charge is 0.357 e. The Morgan fingerprint density at radius 1 is 1.15 bits per heavy atom. The molecule has 61 valence electrons. The van der Waals surface area contributed by atoms with Gasteiger partial charge in [-0.05, 0) is 17.2 Å². The molecule has 1 aromatic carbocycles. The van der Waals surface area contributed by atoms with Crippen molar-refractivity contribution in [3.05, 3.63) is 35.9 Å². The molecule has 0 spiro atoms. The Morgan fingerprint density at radius 2 is 2.08 bits per heavy atom. The second kappa shape index (κ2) is 2.29. The molecule has 0 saturated heterocycles. The monoisotopic (exact) mass is 169 g/mol. The molecule has 2 aliphatic heterocycles. The van der Waals surface area contributed by atoms with E-state index in [0.717, 1.165) is 11.5 Å². The minimum atomic E-state index is 0.888. The molecule has 2 aliphatic rings. The zero-order valence-corrected chi connectivity index (χ0v) is 6.88. The molecule has 0 atom stereocenters. The summed E-state index contributed by atoms with van der Waals surface area (Å²) in [6.45, 7) is 0. The number of amidine groups is 1. The summed E-state index contributed by atoms with van der Waals surface area (Å²) in [4.78, 5) is 1.98. The molecule has 3 heteroatoms. The Balaban J connectivity index is 2.25. The van der Waals surface area contributed by atoms with Crippen LogP contribution < -0.4 is 10.0 Å². The summed E-state index contributed by atoms with van der Waals surface area (Å²) in [5.74, 6) is 0.888. The number of hydrogen-bond acceptors (Lipinski definition) is 3. The molecule has 1 aromatic rings. The van der Waals surface area contributed by atoms with E-state index in [1.54, 1.807) is 6.34 Å². The number of benzene rings is 1. The van der Waals surface area contributed by atoms with Crippen LogP contribution >= 0.6 is 0 Å². The van der Waals surface area contributed by atoms with E-state index in [2.05, 4.69) is 28.4 Å². The van der Waals surface area contributed by atoms with Gasteiger partial charge in [-0.25, -0.2) is 0 Å². The fourth-order valence-electron chi connectivity index (χ4n) is 1.56. The van der Waals surface area contributed by atoms with Crippen molar-refractivity contribution in [2.45, 2.75) is 0 Å². The van der Waals surface area contributed by atoms with E-state index < -0.39 is 0 Å². The molecule has 1 radical (unpaired) electrons. The molecule has 0 amide bonds. The van der Waals surface area contributed by atoms with Gasteiger partial charge in [0, 0.05) is 11.6 Å². The van der Waals surface area contributed by atoms with Crippen LogP contribution in [0.4, 0.5) is 5.69 Å². The zero-order valence-electron chi connectivity index (χ0n) is 6.88. The van der Waals surface area contributed by atoms with Gasteiger partial charge in [0.05, 0.1) is 5.10 Å². The van der Waals surface area contributed by atoms with Crippen LogP contribution in [0.3, 0.4) is 0 Å². The number of rotatable bonds is 0. The smallest absolute Gasteiger partial charge is 0.173 e. The molecule has 0 aliphatic carbocycles. The molecular weight excluding hydrogens is 162 g/mol.